The molecular weight excluding hydrogens is 320 g/mol. The summed E-state index contributed by atoms with van der Waals surface area (Å²) < 4.78 is 0. The number of rotatable bonds is 15. The molecular formula is C24H54O2. The first-order chi connectivity index (χ1) is 11.8. The molecule has 0 radical (unpaired) electrons. The summed E-state index contributed by atoms with van der Waals surface area (Å²) in [5.74, 6) is 0.831. The van der Waals surface area contributed by atoms with Gasteiger partial charge in [0.2, 0.25) is 0 Å². The minimum Gasteiger partial charge on any atom is -0.393 e. The van der Waals surface area contributed by atoms with Gasteiger partial charge in [0, 0.05) is 0 Å². The van der Waals surface area contributed by atoms with Crippen LogP contribution in [0, 0.1) is 11.8 Å². The van der Waals surface area contributed by atoms with E-state index >= 15 is 0 Å². The lowest BCUT2D eigenvalue weighted by Crippen LogP contribution is -2.13. The first-order valence-electron chi connectivity index (χ1n) is 11.2. The summed E-state index contributed by atoms with van der Waals surface area (Å²) in [4.78, 5) is 0. The van der Waals surface area contributed by atoms with Gasteiger partial charge in [0.05, 0.1) is 12.2 Å². The molecule has 0 heterocycles. The van der Waals surface area contributed by atoms with Gasteiger partial charge in [-0.2, -0.15) is 0 Å². The minimum absolute atomic E-state index is 0. The van der Waals surface area contributed by atoms with Gasteiger partial charge >= 0.3 is 0 Å². The third-order valence-electron chi connectivity index (χ3n) is 5.09. The number of aliphatic hydroxyl groups excluding tert-OH is 2. The van der Waals surface area contributed by atoms with Crippen molar-refractivity contribution in [2.24, 2.45) is 11.8 Å². The molecule has 0 amide bonds. The van der Waals surface area contributed by atoms with Crippen molar-refractivity contribution in [2.75, 3.05) is 0 Å². The molecule has 0 saturated heterocycles. The van der Waals surface area contributed by atoms with Crippen molar-refractivity contribution in [1.82, 2.24) is 0 Å². The van der Waals surface area contributed by atoms with Gasteiger partial charge in [0.25, 0.3) is 0 Å². The Bertz CT molecular complexity index is 230. The van der Waals surface area contributed by atoms with E-state index in [0.29, 0.717) is 11.8 Å². The van der Waals surface area contributed by atoms with Gasteiger partial charge in [-0.15, -0.1) is 0 Å². The maximum Gasteiger partial charge on any atom is 0.0563 e. The highest BCUT2D eigenvalue weighted by molar-refractivity contribution is 4.59. The van der Waals surface area contributed by atoms with E-state index < -0.39 is 0 Å². The van der Waals surface area contributed by atoms with Gasteiger partial charge < -0.3 is 10.2 Å². The van der Waals surface area contributed by atoms with Crippen LogP contribution < -0.4 is 0 Å². The third kappa shape index (κ3) is 26.2. The van der Waals surface area contributed by atoms with Crippen LogP contribution in [-0.2, 0) is 0 Å². The SMILES string of the molecule is C.CC(C)[C@H](C)O.CCCCCCCCCCCCCC[C@@H](O)C(C)C. The fourth-order valence-corrected chi connectivity index (χ4v) is 2.53. The maximum absolute atomic E-state index is 9.69. The molecule has 0 aromatic heterocycles. The van der Waals surface area contributed by atoms with Crippen molar-refractivity contribution in [2.45, 2.75) is 145 Å². The molecule has 0 rings (SSSR count). The van der Waals surface area contributed by atoms with Crippen LogP contribution in [0.25, 0.3) is 0 Å². The second-order valence-electron chi connectivity index (χ2n) is 8.47. The van der Waals surface area contributed by atoms with Crippen LogP contribution in [-0.4, -0.2) is 22.4 Å². The summed E-state index contributed by atoms with van der Waals surface area (Å²) in [5.41, 5.74) is 0. The van der Waals surface area contributed by atoms with Crippen LogP contribution in [0.1, 0.15) is 132 Å². The van der Waals surface area contributed by atoms with Crippen molar-refractivity contribution in [3.8, 4) is 0 Å². The van der Waals surface area contributed by atoms with E-state index in [1.807, 2.05) is 13.8 Å². The van der Waals surface area contributed by atoms with E-state index in [9.17, 15) is 5.11 Å². The lowest BCUT2D eigenvalue weighted by atomic mass is 10.00. The number of hydrogen-bond acceptors (Lipinski definition) is 2. The second kappa shape index (κ2) is 23.0. The Morgan fingerprint density at radius 3 is 1.12 bits per heavy atom. The Balaban J connectivity index is -0.000000649. The predicted molar refractivity (Wildman–Crippen MR) is 120 cm³/mol. The average Bonchev–Trinajstić information content (AvgIpc) is 2.56. The quantitative estimate of drug-likeness (QED) is 0.288. The van der Waals surface area contributed by atoms with Crippen LogP contribution in [0.2, 0.25) is 0 Å². The zero-order chi connectivity index (χ0) is 19.5. The molecule has 0 aromatic rings. The highest BCUT2D eigenvalue weighted by Crippen LogP contribution is 2.14. The molecule has 0 bridgehead atoms. The number of aliphatic hydroxyl groups is 2. The van der Waals surface area contributed by atoms with E-state index in [1.165, 1.54) is 77.0 Å². The molecule has 0 spiro atoms. The van der Waals surface area contributed by atoms with E-state index in [1.54, 1.807) is 6.92 Å². The van der Waals surface area contributed by atoms with Gasteiger partial charge in [0.1, 0.15) is 0 Å². The molecule has 0 aliphatic heterocycles. The minimum atomic E-state index is -0.148. The molecule has 2 atom stereocenters. The lowest BCUT2D eigenvalue weighted by Gasteiger charge is -2.13. The smallest absolute Gasteiger partial charge is 0.0563 e. The Hall–Kier alpha value is -0.0800. The first kappa shape index (κ1) is 30.6. The predicted octanol–water partition coefficient (Wildman–Crippen LogP) is 7.75. The van der Waals surface area contributed by atoms with Gasteiger partial charge in [-0.1, -0.05) is 119 Å². The lowest BCUT2D eigenvalue weighted by molar-refractivity contribution is 0.113. The standard InChI is InChI=1S/C18H38O.C5H12O.CH4/c1-4-5-6-7-8-9-10-11-12-13-14-15-16-18(19)17(2)3;1-4(2)5(3)6;/h17-19H,4-16H2,1-3H3;4-6H,1-3H3;1H4/t18-;5-;/m10./s1. The molecule has 2 heteroatoms. The molecule has 0 saturated carbocycles. The third-order valence-corrected chi connectivity index (χ3v) is 5.09. The fraction of sp³-hybridized carbons (Fsp3) is 1.00. The topological polar surface area (TPSA) is 40.5 Å². The summed E-state index contributed by atoms with van der Waals surface area (Å²) >= 11 is 0. The highest BCUT2D eigenvalue weighted by Gasteiger charge is 2.07. The molecule has 162 valence electrons. The van der Waals surface area contributed by atoms with E-state index in [4.69, 9.17) is 5.11 Å². The summed E-state index contributed by atoms with van der Waals surface area (Å²) in [6.45, 7) is 12.3. The molecule has 26 heavy (non-hydrogen) atoms. The Kier molecular flexibility index (Phi) is 27.1. The van der Waals surface area contributed by atoms with Crippen LogP contribution >= 0.6 is 0 Å². The van der Waals surface area contributed by atoms with E-state index in [2.05, 4.69) is 20.8 Å². The van der Waals surface area contributed by atoms with Gasteiger partial charge in [-0.25, -0.2) is 0 Å². The van der Waals surface area contributed by atoms with Crippen LogP contribution in [0.4, 0.5) is 0 Å². The molecule has 0 aliphatic rings. The molecule has 0 fully saturated rings. The van der Waals surface area contributed by atoms with E-state index in [-0.39, 0.29) is 19.6 Å². The summed E-state index contributed by atoms with van der Waals surface area (Å²) in [7, 11) is 0. The van der Waals surface area contributed by atoms with Crippen molar-refractivity contribution in [3.63, 3.8) is 0 Å². The molecule has 0 aliphatic carbocycles. The summed E-state index contributed by atoms with van der Waals surface area (Å²) in [6.07, 6.45) is 17.4. The van der Waals surface area contributed by atoms with Crippen LogP contribution in [0.3, 0.4) is 0 Å². The summed E-state index contributed by atoms with van der Waals surface area (Å²) in [5, 5.41) is 18.3. The molecule has 0 aromatic carbocycles. The highest BCUT2D eigenvalue weighted by atomic mass is 16.3. The molecule has 2 N–H and O–H groups in total. The zero-order valence-electron chi connectivity index (χ0n) is 18.4. The second-order valence-corrected chi connectivity index (χ2v) is 8.47. The van der Waals surface area contributed by atoms with E-state index in [0.717, 1.165) is 6.42 Å². The van der Waals surface area contributed by atoms with Gasteiger partial charge in [-0.3, -0.25) is 0 Å². The largest absolute Gasteiger partial charge is 0.393 e. The zero-order valence-corrected chi connectivity index (χ0v) is 18.4. The monoisotopic (exact) mass is 374 g/mol. The van der Waals surface area contributed by atoms with Crippen LogP contribution in [0.15, 0.2) is 0 Å². The number of unbranched alkanes of at least 4 members (excludes halogenated alkanes) is 11. The Morgan fingerprint density at radius 1 is 0.538 bits per heavy atom. The van der Waals surface area contributed by atoms with Crippen molar-refractivity contribution < 1.29 is 10.2 Å². The Morgan fingerprint density at radius 2 is 0.846 bits per heavy atom. The number of hydrogen-bond donors (Lipinski definition) is 2. The molecule has 0 unspecified atom stereocenters. The first-order valence-corrected chi connectivity index (χ1v) is 11.2. The van der Waals surface area contributed by atoms with Gasteiger partial charge in [-0.05, 0) is 25.2 Å². The van der Waals surface area contributed by atoms with Crippen molar-refractivity contribution in [3.05, 3.63) is 0 Å². The molecule has 2 nitrogen and oxygen atoms in total. The van der Waals surface area contributed by atoms with Crippen molar-refractivity contribution >= 4 is 0 Å². The normalized spacial score (nSPS) is 13.2. The maximum atomic E-state index is 9.69. The average molecular weight is 375 g/mol. The summed E-state index contributed by atoms with van der Waals surface area (Å²) in [6, 6.07) is 0. The van der Waals surface area contributed by atoms with Crippen LogP contribution in [0.5, 0.6) is 0 Å². The van der Waals surface area contributed by atoms with Crippen molar-refractivity contribution in [1.29, 1.82) is 0 Å². The fourth-order valence-electron chi connectivity index (χ4n) is 2.53. The van der Waals surface area contributed by atoms with Gasteiger partial charge in [0.15, 0.2) is 0 Å². The Labute approximate surface area is 167 Å².